The molecule has 3 rings (SSSR count). The van der Waals surface area contributed by atoms with Crippen LogP contribution in [0.4, 0.5) is 0 Å². The molecule has 1 aliphatic heterocycles. The number of allylic oxidation sites excluding steroid dienone is 3. The zero-order valence-corrected chi connectivity index (χ0v) is 17.1. The van der Waals surface area contributed by atoms with E-state index in [1.54, 1.807) is 14.2 Å². The zero-order valence-electron chi connectivity index (χ0n) is 16.3. The lowest BCUT2D eigenvalue weighted by molar-refractivity contribution is -0.118. The van der Waals surface area contributed by atoms with Gasteiger partial charge in [0.25, 0.3) is 0 Å². The summed E-state index contributed by atoms with van der Waals surface area (Å²) in [5.74, 6) is 0.911. The maximum Gasteiger partial charge on any atom is 0.162 e. The maximum absolute atomic E-state index is 13.1. The number of hydrogen-bond acceptors (Lipinski definition) is 6. The van der Waals surface area contributed by atoms with Crippen molar-refractivity contribution in [2.75, 3.05) is 20.5 Å². The second kappa shape index (κ2) is 7.32. The number of ether oxygens (including phenoxy) is 2. The van der Waals surface area contributed by atoms with Crippen LogP contribution in [-0.4, -0.2) is 26.3 Å². The fourth-order valence-corrected chi connectivity index (χ4v) is 4.51. The Morgan fingerprint density at radius 1 is 1.22 bits per heavy atom. The van der Waals surface area contributed by atoms with Crippen LogP contribution in [0.3, 0.4) is 0 Å². The highest BCUT2D eigenvalue weighted by Gasteiger charge is 2.41. The normalized spacial score (nSPS) is 21.3. The standard InChI is InChI=1S/C21H24N2O3S/c1-21(2)9-14-19(15(24)10-21)18(13(11-22)20(23-14)27-5)12-6-7-16(25-3)17(8-12)26-4/h6-8,18,23H,9-10H2,1-5H3. The largest absolute Gasteiger partial charge is 0.493 e. The molecule has 0 spiro atoms. The summed E-state index contributed by atoms with van der Waals surface area (Å²) >= 11 is 1.50. The summed E-state index contributed by atoms with van der Waals surface area (Å²) in [5, 5.41) is 14.1. The van der Waals surface area contributed by atoms with E-state index in [1.807, 2.05) is 24.5 Å². The van der Waals surface area contributed by atoms with Gasteiger partial charge in [-0.3, -0.25) is 4.79 Å². The van der Waals surface area contributed by atoms with Crippen LogP contribution in [0.2, 0.25) is 0 Å². The molecule has 0 fully saturated rings. The third-order valence-corrected chi connectivity index (χ3v) is 5.80. The number of Topliss-reactive ketones (excluding diaryl/α,β-unsaturated/α-hetero) is 1. The van der Waals surface area contributed by atoms with Gasteiger partial charge in [-0.1, -0.05) is 19.9 Å². The van der Waals surface area contributed by atoms with Gasteiger partial charge in [-0.2, -0.15) is 5.26 Å². The van der Waals surface area contributed by atoms with Gasteiger partial charge in [-0.05, 0) is 35.8 Å². The summed E-state index contributed by atoms with van der Waals surface area (Å²) in [6.07, 6.45) is 3.19. The van der Waals surface area contributed by atoms with E-state index >= 15 is 0 Å². The van der Waals surface area contributed by atoms with E-state index in [4.69, 9.17) is 9.47 Å². The van der Waals surface area contributed by atoms with Crippen LogP contribution >= 0.6 is 11.8 Å². The number of benzene rings is 1. The van der Waals surface area contributed by atoms with E-state index < -0.39 is 5.92 Å². The fourth-order valence-electron chi connectivity index (χ4n) is 3.90. The number of methoxy groups -OCH3 is 2. The molecular formula is C21H24N2O3S. The van der Waals surface area contributed by atoms with Crippen molar-refractivity contribution in [3.05, 3.63) is 45.6 Å². The first-order chi connectivity index (χ1) is 12.8. The highest BCUT2D eigenvalue weighted by molar-refractivity contribution is 8.02. The predicted octanol–water partition coefficient (Wildman–Crippen LogP) is 4.13. The molecule has 0 saturated heterocycles. The second-order valence-corrected chi connectivity index (χ2v) is 8.38. The van der Waals surface area contributed by atoms with Crippen molar-refractivity contribution in [2.24, 2.45) is 5.41 Å². The predicted molar refractivity (Wildman–Crippen MR) is 107 cm³/mol. The third kappa shape index (κ3) is 3.44. The van der Waals surface area contributed by atoms with Crippen molar-refractivity contribution >= 4 is 17.5 Å². The number of ketones is 1. The van der Waals surface area contributed by atoms with Gasteiger partial charge in [0, 0.05) is 17.7 Å². The number of nitriles is 1. The molecule has 0 radical (unpaired) electrons. The molecule has 142 valence electrons. The first-order valence-corrected chi connectivity index (χ1v) is 10.0. The van der Waals surface area contributed by atoms with Gasteiger partial charge in [0.1, 0.15) is 0 Å². The van der Waals surface area contributed by atoms with Crippen molar-refractivity contribution in [3.63, 3.8) is 0 Å². The van der Waals surface area contributed by atoms with Crippen molar-refractivity contribution in [1.82, 2.24) is 5.32 Å². The van der Waals surface area contributed by atoms with Gasteiger partial charge in [0.15, 0.2) is 17.3 Å². The van der Waals surface area contributed by atoms with Gasteiger partial charge >= 0.3 is 0 Å². The minimum absolute atomic E-state index is 0.0985. The van der Waals surface area contributed by atoms with Crippen molar-refractivity contribution < 1.29 is 14.3 Å². The fraction of sp³-hybridized carbons (Fsp3) is 0.429. The van der Waals surface area contributed by atoms with Crippen LogP contribution in [0.5, 0.6) is 11.5 Å². The van der Waals surface area contributed by atoms with E-state index in [0.717, 1.165) is 22.7 Å². The van der Waals surface area contributed by atoms with E-state index in [2.05, 4.69) is 25.2 Å². The third-order valence-electron chi connectivity index (χ3n) is 5.07. The molecule has 0 bridgehead atoms. The number of carbonyl (C=O) groups excluding carboxylic acids is 1. The van der Waals surface area contributed by atoms with Gasteiger partial charge in [0.2, 0.25) is 0 Å². The molecule has 0 saturated carbocycles. The van der Waals surface area contributed by atoms with Gasteiger partial charge < -0.3 is 14.8 Å². The van der Waals surface area contributed by atoms with Gasteiger partial charge in [0.05, 0.1) is 36.8 Å². The van der Waals surface area contributed by atoms with Crippen molar-refractivity contribution in [2.45, 2.75) is 32.6 Å². The van der Waals surface area contributed by atoms with Gasteiger partial charge in [-0.15, -0.1) is 11.8 Å². The SMILES string of the molecule is COc1ccc(C2C(C#N)=C(SC)NC3=C2C(=O)CC(C)(C)C3)cc1OC. The van der Waals surface area contributed by atoms with Crippen LogP contribution in [0, 0.1) is 16.7 Å². The number of dihydropyridines is 1. The molecule has 6 heteroatoms. The zero-order chi connectivity index (χ0) is 19.8. The Hall–Kier alpha value is -2.39. The minimum Gasteiger partial charge on any atom is -0.493 e. The van der Waals surface area contributed by atoms with Crippen molar-refractivity contribution in [1.29, 1.82) is 5.26 Å². The Morgan fingerprint density at radius 2 is 1.93 bits per heavy atom. The molecule has 1 N–H and O–H groups in total. The molecule has 2 aliphatic rings. The number of rotatable bonds is 4. The molecule has 0 aromatic heterocycles. The molecule has 5 nitrogen and oxygen atoms in total. The number of hydrogen-bond donors (Lipinski definition) is 1. The lowest BCUT2D eigenvalue weighted by atomic mass is 9.69. The summed E-state index contributed by atoms with van der Waals surface area (Å²) < 4.78 is 10.8. The molecule has 0 amide bonds. The highest BCUT2D eigenvalue weighted by Crippen LogP contribution is 2.48. The lowest BCUT2D eigenvalue weighted by Crippen LogP contribution is -2.36. The number of nitrogens with one attached hydrogen (secondary N) is 1. The monoisotopic (exact) mass is 384 g/mol. The average Bonchev–Trinajstić information content (AvgIpc) is 2.64. The Kier molecular flexibility index (Phi) is 5.25. The number of nitrogens with zero attached hydrogens (tertiary/aromatic N) is 1. The van der Waals surface area contributed by atoms with Crippen LogP contribution < -0.4 is 14.8 Å². The summed E-state index contributed by atoms with van der Waals surface area (Å²) in [6, 6.07) is 7.92. The average molecular weight is 385 g/mol. The summed E-state index contributed by atoms with van der Waals surface area (Å²) in [5.41, 5.74) is 2.97. The van der Waals surface area contributed by atoms with Crippen LogP contribution in [0.1, 0.15) is 38.2 Å². The Balaban J connectivity index is 2.21. The smallest absolute Gasteiger partial charge is 0.162 e. The molecule has 1 unspecified atom stereocenters. The second-order valence-electron chi connectivity index (χ2n) is 7.56. The lowest BCUT2D eigenvalue weighted by Gasteiger charge is -2.38. The quantitative estimate of drug-likeness (QED) is 0.841. The molecule has 27 heavy (non-hydrogen) atoms. The minimum atomic E-state index is -0.392. The topological polar surface area (TPSA) is 71.3 Å². The summed E-state index contributed by atoms with van der Waals surface area (Å²) in [6.45, 7) is 4.20. The first kappa shape index (κ1) is 19.4. The Morgan fingerprint density at radius 3 is 2.52 bits per heavy atom. The molecular weight excluding hydrogens is 360 g/mol. The Bertz CT molecular complexity index is 893. The highest BCUT2D eigenvalue weighted by atomic mass is 32.2. The van der Waals surface area contributed by atoms with Crippen LogP contribution in [-0.2, 0) is 4.79 Å². The molecule has 1 aromatic rings. The van der Waals surface area contributed by atoms with Crippen LogP contribution in [0.25, 0.3) is 0 Å². The van der Waals surface area contributed by atoms with Crippen molar-refractivity contribution in [3.8, 4) is 17.6 Å². The van der Waals surface area contributed by atoms with E-state index in [-0.39, 0.29) is 11.2 Å². The van der Waals surface area contributed by atoms with E-state index in [0.29, 0.717) is 29.1 Å². The first-order valence-electron chi connectivity index (χ1n) is 8.78. The van der Waals surface area contributed by atoms with E-state index in [1.165, 1.54) is 11.8 Å². The summed E-state index contributed by atoms with van der Waals surface area (Å²) in [7, 11) is 3.17. The van der Waals surface area contributed by atoms with Gasteiger partial charge in [-0.25, -0.2) is 0 Å². The number of carbonyl (C=O) groups is 1. The number of thioether (sulfide) groups is 1. The van der Waals surface area contributed by atoms with Crippen LogP contribution in [0.15, 0.2) is 40.1 Å². The molecule has 1 atom stereocenters. The molecule has 1 heterocycles. The van der Waals surface area contributed by atoms with E-state index in [9.17, 15) is 10.1 Å². The summed E-state index contributed by atoms with van der Waals surface area (Å²) in [4.78, 5) is 13.1. The maximum atomic E-state index is 13.1. The Labute approximate surface area is 164 Å². The molecule has 1 aromatic carbocycles. The molecule has 1 aliphatic carbocycles.